The van der Waals surface area contributed by atoms with E-state index in [1.54, 1.807) is 7.11 Å². The summed E-state index contributed by atoms with van der Waals surface area (Å²) in [5, 5.41) is 7.72. The zero-order chi connectivity index (χ0) is 14.7. The van der Waals surface area contributed by atoms with Gasteiger partial charge < -0.3 is 9.30 Å². The largest absolute Gasteiger partial charge is 0.383 e. The second kappa shape index (κ2) is 4.66. The third-order valence-corrected chi connectivity index (χ3v) is 6.42. The van der Waals surface area contributed by atoms with Crippen molar-refractivity contribution in [2.24, 2.45) is 17.3 Å². The Morgan fingerprint density at radius 2 is 2.05 bits per heavy atom. The van der Waals surface area contributed by atoms with E-state index in [0.29, 0.717) is 12.0 Å². The highest BCUT2D eigenvalue weighted by Crippen LogP contribution is 2.65. The van der Waals surface area contributed by atoms with Gasteiger partial charge in [-0.2, -0.15) is 5.10 Å². The molecular weight excluding hydrogens is 282 g/mol. The first kappa shape index (κ1) is 13.9. The van der Waals surface area contributed by atoms with Crippen LogP contribution in [0.5, 0.6) is 0 Å². The number of ether oxygens (including phenoxy) is 1. The van der Waals surface area contributed by atoms with E-state index in [1.165, 1.54) is 44.3 Å². The molecule has 116 valence electrons. The lowest BCUT2D eigenvalue weighted by Crippen LogP contribution is -2.53. The first-order valence-corrected chi connectivity index (χ1v) is 8.59. The number of hydrogen-bond acceptors (Lipinski definition) is 3. The Labute approximate surface area is 131 Å². The van der Waals surface area contributed by atoms with Crippen molar-refractivity contribution in [1.29, 1.82) is 0 Å². The van der Waals surface area contributed by atoms with E-state index in [1.807, 2.05) is 0 Å². The summed E-state index contributed by atoms with van der Waals surface area (Å²) in [6, 6.07) is 0. The number of aromatic nitrogens is 3. The summed E-state index contributed by atoms with van der Waals surface area (Å²) in [5.41, 5.74) is 0.796. The van der Waals surface area contributed by atoms with E-state index >= 15 is 0 Å². The number of H-pyrrole nitrogens is 1. The average molecular weight is 307 g/mol. The molecule has 4 nitrogen and oxygen atoms in total. The molecule has 1 N–H and O–H groups in total. The molecule has 0 aromatic carbocycles. The van der Waals surface area contributed by atoms with Gasteiger partial charge in [0.1, 0.15) is 5.82 Å². The van der Waals surface area contributed by atoms with Crippen molar-refractivity contribution in [3.8, 4) is 0 Å². The molecule has 4 bridgehead atoms. The maximum Gasteiger partial charge on any atom is 0.195 e. The van der Waals surface area contributed by atoms with Gasteiger partial charge in [-0.1, -0.05) is 6.92 Å². The first-order valence-electron chi connectivity index (χ1n) is 8.18. The second-order valence-corrected chi connectivity index (χ2v) is 8.44. The predicted octanol–water partition coefficient (Wildman–Crippen LogP) is 3.44. The quantitative estimate of drug-likeness (QED) is 0.867. The fourth-order valence-corrected chi connectivity index (χ4v) is 6.32. The number of aromatic amines is 1. The van der Waals surface area contributed by atoms with Gasteiger partial charge in [-0.3, -0.25) is 5.10 Å². The number of nitrogens with one attached hydrogen (secondary N) is 1. The maximum atomic E-state index is 5.46. The summed E-state index contributed by atoms with van der Waals surface area (Å²) in [4.78, 5) is 0. The molecule has 0 aliphatic heterocycles. The van der Waals surface area contributed by atoms with E-state index in [2.05, 4.69) is 21.7 Å². The molecule has 4 fully saturated rings. The van der Waals surface area contributed by atoms with E-state index in [4.69, 9.17) is 17.0 Å². The summed E-state index contributed by atoms with van der Waals surface area (Å²) in [6.45, 7) is 4.01. The van der Waals surface area contributed by atoms with Crippen LogP contribution in [0, 0.1) is 22.0 Å². The standard InChI is InChI=1S/C16H25N3OS/c1-15-6-11-5-12(7-15)9-16(8-11,10-15)13-17-18-14(21)19(13)3-4-20-2/h11-12H,3-10H2,1-2H3,(H,18,21). The smallest absolute Gasteiger partial charge is 0.195 e. The van der Waals surface area contributed by atoms with Crippen LogP contribution in [0.4, 0.5) is 0 Å². The zero-order valence-corrected chi connectivity index (χ0v) is 13.8. The number of rotatable bonds is 4. The summed E-state index contributed by atoms with van der Waals surface area (Å²) in [5.74, 6) is 3.01. The Kier molecular flexibility index (Phi) is 3.09. The summed E-state index contributed by atoms with van der Waals surface area (Å²) < 4.78 is 8.21. The van der Waals surface area contributed by atoms with Gasteiger partial charge in [0.2, 0.25) is 0 Å². The molecule has 4 saturated carbocycles. The Balaban J connectivity index is 1.74. The fraction of sp³-hybridized carbons (Fsp3) is 0.875. The minimum atomic E-state index is 0.264. The van der Waals surface area contributed by atoms with Crippen LogP contribution >= 0.6 is 12.2 Å². The lowest BCUT2D eigenvalue weighted by atomic mass is 9.44. The monoisotopic (exact) mass is 307 g/mol. The van der Waals surface area contributed by atoms with Gasteiger partial charge in [0.05, 0.1) is 13.2 Å². The van der Waals surface area contributed by atoms with Crippen LogP contribution in [-0.4, -0.2) is 28.5 Å². The van der Waals surface area contributed by atoms with Crippen molar-refractivity contribution >= 4 is 12.2 Å². The van der Waals surface area contributed by atoms with E-state index in [0.717, 1.165) is 23.2 Å². The zero-order valence-electron chi connectivity index (χ0n) is 13.0. The molecule has 4 aliphatic rings. The van der Waals surface area contributed by atoms with Crippen molar-refractivity contribution in [2.75, 3.05) is 13.7 Å². The molecular formula is C16H25N3OS. The third kappa shape index (κ3) is 2.12. The molecule has 5 rings (SSSR count). The molecule has 4 aliphatic carbocycles. The van der Waals surface area contributed by atoms with Crippen LogP contribution in [0.1, 0.15) is 51.3 Å². The molecule has 1 heterocycles. The van der Waals surface area contributed by atoms with Crippen LogP contribution in [0.15, 0.2) is 0 Å². The van der Waals surface area contributed by atoms with Crippen LogP contribution in [0.3, 0.4) is 0 Å². The Morgan fingerprint density at radius 1 is 1.33 bits per heavy atom. The molecule has 0 spiro atoms. The Hall–Kier alpha value is -0.680. The van der Waals surface area contributed by atoms with Gasteiger partial charge >= 0.3 is 0 Å². The van der Waals surface area contributed by atoms with Crippen LogP contribution in [-0.2, 0) is 16.7 Å². The Morgan fingerprint density at radius 3 is 2.67 bits per heavy atom. The highest BCUT2D eigenvalue weighted by Gasteiger charge is 2.58. The topological polar surface area (TPSA) is 42.8 Å². The SMILES string of the molecule is COCCn1c(C23CC4CC(CC(C)(C4)C2)C3)n[nH]c1=S. The van der Waals surface area contributed by atoms with E-state index in [-0.39, 0.29) is 5.41 Å². The predicted molar refractivity (Wildman–Crippen MR) is 83.8 cm³/mol. The normalized spacial score (nSPS) is 40.9. The maximum absolute atomic E-state index is 5.46. The van der Waals surface area contributed by atoms with Gasteiger partial charge in [0.15, 0.2) is 4.77 Å². The second-order valence-electron chi connectivity index (χ2n) is 8.05. The van der Waals surface area contributed by atoms with Gasteiger partial charge in [-0.15, -0.1) is 0 Å². The molecule has 21 heavy (non-hydrogen) atoms. The van der Waals surface area contributed by atoms with Crippen molar-refractivity contribution < 1.29 is 4.74 Å². The van der Waals surface area contributed by atoms with Gasteiger partial charge in [-0.05, 0) is 68.0 Å². The number of hydrogen-bond donors (Lipinski definition) is 1. The van der Waals surface area contributed by atoms with Crippen LogP contribution in [0.2, 0.25) is 0 Å². The lowest BCUT2D eigenvalue weighted by Gasteiger charge is -2.60. The first-order chi connectivity index (χ1) is 10.0. The van der Waals surface area contributed by atoms with Gasteiger partial charge in [-0.25, -0.2) is 0 Å². The Bertz CT molecular complexity index is 591. The van der Waals surface area contributed by atoms with Crippen molar-refractivity contribution in [1.82, 2.24) is 14.8 Å². The third-order valence-electron chi connectivity index (χ3n) is 6.11. The number of methoxy groups -OCH3 is 1. The highest BCUT2D eigenvalue weighted by molar-refractivity contribution is 7.71. The van der Waals surface area contributed by atoms with E-state index < -0.39 is 0 Å². The molecule has 2 atom stereocenters. The fourth-order valence-electron chi connectivity index (χ4n) is 6.09. The van der Waals surface area contributed by atoms with Crippen molar-refractivity contribution in [3.63, 3.8) is 0 Å². The lowest BCUT2D eigenvalue weighted by molar-refractivity contribution is -0.0663. The molecule has 0 saturated heterocycles. The molecule has 0 amide bonds. The van der Waals surface area contributed by atoms with Crippen molar-refractivity contribution in [2.45, 2.75) is 57.4 Å². The average Bonchev–Trinajstić information content (AvgIpc) is 2.75. The van der Waals surface area contributed by atoms with Crippen molar-refractivity contribution in [3.05, 3.63) is 10.6 Å². The van der Waals surface area contributed by atoms with Crippen LogP contribution in [0.25, 0.3) is 0 Å². The van der Waals surface area contributed by atoms with Crippen LogP contribution < -0.4 is 0 Å². The minimum absolute atomic E-state index is 0.264. The highest BCUT2D eigenvalue weighted by atomic mass is 32.1. The molecule has 1 aromatic heterocycles. The minimum Gasteiger partial charge on any atom is -0.383 e. The summed E-state index contributed by atoms with van der Waals surface area (Å²) in [7, 11) is 1.75. The molecule has 2 unspecified atom stereocenters. The van der Waals surface area contributed by atoms with Gasteiger partial charge in [0, 0.05) is 12.5 Å². The summed E-state index contributed by atoms with van der Waals surface area (Å²) >= 11 is 5.46. The van der Waals surface area contributed by atoms with Gasteiger partial charge in [0.25, 0.3) is 0 Å². The summed E-state index contributed by atoms with van der Waals surface area (Å²) in [6.07, 6.45) is 8.21. The van der Waals surface area contributed by atoms with E-state index in [9.17, 15) is 0 Å². The molecule has 5 heteroatoms. The molecule has 0 radical (unpaired) electrons. The molecule has 1 aromatic rings. The number of nitrogens with zero attached hydrogens (tertiary/aromatic N) is 2.